The lowest BCUT2D eigenvalue weighted by molar-refractivity contribution is -0.154. The second-order valence-electron chi connectivity index (χ2n) is 8.59. The number of tetrazole rings is 1. The number of aryl methyl sites for hydroxylation is 1. The van der Waals surface area contributed by atoms with Crippen molar-refractivity contribution < 1.29 is 17.9 Å². The number of halogens is 3. The largest absolute Gasteiger partial charge is 0.468 e. The lowest BCUT2D eigenvalue weighted by Gasteiger charge is -2.12. The standard InChI is InChI=1S/C26H24F3N7O/c1-2-3-8-22-30-21-13-14-23(37-16-26(27,28)29)31-25(21)36(22)15-17-9-11-18(12-10-17)19-6-4-5-7-20(19)24-32-34-35-33-24/h4-7,9-14H,2-3,8,15-16H2,1H3,(H,32,33,34,35). The molecule has 37 heavy (non-hydrogen) atoms. The zero-order valence-corrected chi connectivity index (χ0v) is 20.0. The molecule has 0 saturated heterocycles. The van der Waals surface area contributed by atoms with E-state index in [2.05, 4.69) is 32.5 Å². The maximum atomic E-state index is 12.6. The van der Waals surface area contributed by atoms with Gasteiger partial charge in [0.1, 0.15) is 11.3 Å². The monoisotopic (exact) mass is 507 g/mol. The number of alkyl halides is 3. The van der Waals surface area contributed by atoms with Gasteiger partial charge in [-0.15, -0.1) is 10.2 Å². The SMILES string of the molecule is CCCCc1nc2ccc(OCC(F)(F)F)nc2n1Cc1ccc(-c2ccccc2-c2nn[nH]n2)cc1. The molecule has 0 aliphatic rings. The molecule has 0 radical (unpaired) electrons. The molecule has 0 amide bonds. The summed E-state index contributed by atoms with van der Waals surface area (Å²) in [5.74, 6) is 1.27. The van der Waals surface area contributed by atoms with Crippen LogP contribution in [0.5, 0.6) is 5.88 Å². The number of fused-ring (bicyclic) bond motifs is 1. The summed E-state index contributed by atoms with van der Waals surface area (Å²) in [6, 6.07) is 19.0. The van der Waals surface area contributed by atoms with Gasteiger partial charge in [0, 0.05) is 18.1 Å². The van der Waals surface area contributed by atoms with Crippen molar-refractivity contribution in [1.82, 2.24) is 35.2 Å². The van der Waals surface area contributed by atoms with E-state index in [-0.39, 0.29) is 5.88 Å². The molecule has 0 aliphatic heterocycles. The van der Waals surface area contributed by atoms with Gasteiger partial charge < -0.3 is 9.30 Å². The van der Waals surface area contributed by atoms with Gasteiger partial charge >= 0.3 is 6.18 Å². The van der Waals surface area contributed by atoms with Crippen LogP contribution in [0.15, 0.2) is 60.7 Å². The Balaban J connectivity index is 1.45. The fourth-order valence-electron chi connectivity index (χ4n) is 4.14. The number of imidazole rings is 1. The molecule has 5 aromatic rings. The van der Waals surface area contributed by atoms with E-state index >= 15 is 0 Å². The number of aromatic nitrogens is 7. The Labute approximate surface area is 210 Å². The van der Waals surface area contributed by atoms with Crippen molar-refractivity contribution in [3.8, 4) is 28.4 Å². The van der Waals surface area contributed by atoms with Crippen LogP contribution in [-0.4, -0.2) is 47.9 Å². The Morgan fingerprint density at radius 3 is 2.43 bits per heavy atom. The quantitative estimate of drug-likeness (QED) is 0.279. The van der Waals surface area contributed by atoms with Gasteiger partial charge in [-0.3, -0.25) is 0 Å². The average Bonchev–Trinajstić information content (AvgIpc) is 3.55. The van der Waals surface area contributed by atoms with Crippen LogP contribution in [-0.2, 0) is 13.0 Å². The van der Waals surface area contributed by atoms with Gasteiger partial charge in [0.25, 0.3) is 0 Å². The highest BCUT2D eigenvalue weighted by Crippen LogP contribution is 2.30. The number of H-pyrrole nitrogens is 1. The molecule has 190 valence electrons. The molecule has 3 heterocycles. The Kier molecular flexibility index (Phi) is 6.85. The minimum absolute atomic E-state index is 0.0820. The van der Waals surface area contributed by atoms with Crippen molar-refractivity contribution in [2.75, 3.05) is 6.61 Å². The number of ether oxygens (including phenoxy) is 1. The molecule has 5 rings (SSSR count). The maximum Gasteiger partial charge on any atom is 0.422 e. The summed E-state index contributed by atoms with van der Waals surface area (Å²) in [5, 5.41) is 14.3. The Morgan fingerprint density at radius 2 is 1.73 bits per heavy atom. The van der Waals surface area contributed by atoms with Gasteiger partial charge in [-0.25, -0.2) is 4.98 Å². The summed E-state index contributed by atoms with van der Waals surface area (Å²) < 4.78 is 44.8. The lowest BCUT2D eigenvalue weighted by atomic mass is 9.98. The summed E-state index contributed by atoms with van der Waals surface area (Å²) >= 11 is 0. The molecule has 0 fully saturated rings. The van der Waals surface area contributed by atoms with E-state index in [0.717, 1.165) is 47.3 Å². The van der Waals surface area contributed by atoms with E-state index in [1.165, 1.54) is 6.07 Å². The van der Waals surface area contributed by atoms with Crippen LogP contribution < -0.4 is 4.74 Å². The predicted molar refractivity (Wildman–Crippen MR) is 132 cm³/mol. The highest BCUT2D eigenvalue weighted by molar-refractivity contribution is 5.80. The normalized spacial score (nSPS) is 11.8. The van der Waals surface area contributed by atoms with Crippen LogP contribution in [0.3, 0.4) is 0 Å². The van der Waals surface area contributed by atoms with Crippen LogP contribution in [0.1, 0.15) is 31.2 Å². The van der Waals surface area contributed by atoms with E-state index in [1.54, 1.807) is 6.07 Å². The van der Waals surface area contributed by atoms with Crippen molar-refractivity contribution in [3.05, 3.63) is 72.1 Å². The molecule has 1 N–H and O–H groups in total. The predicted octanol–water partition coefficient (Wildman–Crippen LogP) is 5.61. The molecule has 0 spiro atoms. The second kappa shape index (κ2) is 10.4. The smallest absolute Gasteiger partial charge is 0.422 e. The topological polar surface area (TPSA) is 94.4 Å². The molecule has 0 saturated carbocycles. The number of rotatable bonds is 9. The molecule has 3 aromatic heterocycles. The third kappa shape index (κ3) is 5.60. The minimum Gasteiger partial charge on any atom is -0.468 e. The van der Waals surface area contributed by atoms with Crippen molar-refractivity contribution >= 4 is 11.2 Å². The number of nitrogens with zero attached hydrogens (tertiary/aromatic N) is 6. The fraction of sp³-hybridized carbons (Fsp3) is 0.269. The number of nitrogens with one attached hydrogen (secondary N) is 1. The highest BCUT2D eigenvalue weighted by atomic mass is 19.4. The number of aromatic amines is 1. The van der Waals surface area contributed by atoms with Gasteiger partial charge in [-0.05, 0) is 34.4 Å². The van der Waals surface area contributed by atoms with E-state index in [1.807, 2.05) is 53.1 Å². The van der Waals surface area contributed by atoms with Crippen molar-refractivity contribution in [1.29, 1.82) is 0 Å². The fourth-order valence-corrected chi connectivity index (χ4v) is 4.14. The number of hydrogen-bond donors (Lipinski definition) is 1. The first-order valence-corrected chi connectivity index (χ1v) is 11.9. The van der Waals surface area contributed by atoms with Crippen LogP contribution in [0.4, 0.5) is 13.2 Å². The van der Waals surface area contributed by atoms with Crippen molar-refractivity contribution in [2.24, 2.45) is 0 Å². The third-order valence-corrected chi connectivity index (χ3v) is 5.90. The first-order chi connectivity index (χ1) is 17.9. The van der Waals surface area contributed by atoms with Crippen molar-refractivity contribution in [2.45, 2.75) is 38.9 Å². The summed E-state index contributed by atoms with van der Waals surface area (Å²) in [4.78, 5) is 9.07. The highest BCUT2D eigenvalue weighted by Gasteiger charge is 2.28. The van der Waals surface area contributed by atoms with Gasteiger partial charge in [-0.2, -0.15) is 23.4 Å². The molecule has 0 aliphatic carbocycles. The van der Waals surface area contributed by atoms with Crippen LogP contribution in [0, 0.1) is 0 Å². The Hall–Kier alpha value is -4.28. The van der Waals surface area contributed by atoms with Crippen molar-refractivity contribution in [3.63, 3.8) is 0 Å². The molecule has 0 atom stereocenters. The zero-order valence-electron chi connectivity index (χ0n) is 20.0. The number of pyridine rings is 1. The van der Waals surface area contributed by atoms with Gasteiger partial charge in [0.2, 0.25) is 11.7 Å². The molecular formula is C26H24F3N7O. The molecule has 0 bridgehead atoms. The van der Waals surface area contributed by atoms with Gasteiger partial charge in [0.05, 0.1) is 6.54 Å². The summed E-state index contributed by atoms with van der Waals surface area (Å²) in [7, 11) is 0. The Bertz CT molecular complexity index is 1480. The number of hydrogen-bond acceptors (Lipinski definition) is 6. The minimum atomic E-state index is -4.44. The van der Waals surface area contributed by atoms with E-state index in [4.69, 9.17) is 9.72 Å². The molecule has 8 nitrogen and oxygen atoms in total. The zero-order chi connectivity index (χ0) is 25.8. The van der Waals surface area contributed by atoms with Gasteiger partial charge in [0.15, 0.2) is 12.3 Å². The lowest BCUT2D eigenvalue weighted by Crippen LogP contribution is -2.19. The molecule has 11 heteroatoms. The summed E-state index contributed by atoms with van der Waals surface area (Å²) in [6.07, 6.45) is -1.77. The Morgan fingerprint density at radius 1 is 0.946 bits per heavy atom. The second-order valence-corrected chi connectivity index (χ2v) is 8.59. The first kappa shape index (κ1) is 24.4. The average molecular weight is 508 g/mol. The van der Waals surface area contributed by atoms with Crippen LogP contribution in [0.2, 0.25) is 0 Å². The number of benzene rings is 2. The summed E-state index contributed by atoms with van der Waals surface area (Å²) in [6.45, 7) is 1.17. The van der Waals surface area contributed by atoms with Crippen LogP contribution >= 0.6 is 0 Å². The maximum absolute atomic E-state index is 12.6. The van der Waals surface area contributed by atoms with Crippen LogP contribution in [0.25, 0.3) is 33.7 Å². The van der Waals surface area contributed by atoms with Gasteiger partial charge in [-0.1, -0.05) is 61.9 Å². The first-order valence-electron chi connectivity index (χ1n) is 11.9. The van der Waals surface area contributed by atoms with E-state index in [0.29, 0.717) is 23.5 Å². The summed E-state index contributed by atoms with van der Waals surface area (Å²) in [5.41, 5.74) is 4.95. The third-order valence-electron chi connectivity index (χ3n) is 5.90. The molecular weight excluding hydrogens is 483 g/mol. The molecule has 0 unspecified atom stereocenters. The molecule has 2 aromatic carbocycles. The van der Waals surface area contributed by atoms with E-state index < -0.39 is 12.8 Å². The number of unbranched alkanes of at least 4 members (excludes halogenated alkanes) is 1. The van der Waals surface area contributed by atoms with E-state index in [9.17, 15) is 13.2 Å².